The highest BCUT2D eigenvalue weighted by Gasteiger charge is 2.35. The third-order valence-electron chi connectivity index (χ3n) is 3.80. The molecule has 0 amide bonds. The quantitative estimate of drug-likeness (QED) is 0.743. The highest BCUT2D eigenvalue weighted by molar-refractivity contribution is 7.99. The first-order chi connectivity index (χ1) is 7.85. The third-order valence-corrected chi connectivity index (χ3v) is 5.12. The van der Waals surface area contributed by atoms with E-state index in [1.165, 1.54) is 37.9 Å². The van der Waals surface area contributed by atoms with E-state index in [1.807, 2.05) is 7.11 Å². The molecular formula is C13H25NOS. The number of ether oxygens (including phenoxy) is 1. The van der Waals surface area contributed by atoms with Crippen LogP contribution in [-0.2, 0) is 4.74 Å². The Morgan fingerprint density at radius 2 is 2.12 bits per heavy atom. The van der Waals surface area contributed by atoms with E-state index in [1.54, 1.807) is 0 Å². The van der Waals surface area contributed by atoms with Gasteiger partial charge in [0.05, 0.1) is 6.61 Å². The molecule has 0 radical (unpaired) electrons. The summed E-state index contributed by atoms with van der Waals surface area (Å²) in [4.78, 5) is 0. The number of methoxy groups -OCH3 is 1. The van der Waals surface area contributed by atoms with Gasteiger partial charge in [-0.3, -0.25) is 0 Å². The lowest BCUT2D eigenvalue weighted by molar-refractivity contribution is 0.151. The van der Waals surface area contributed by atoms with Gasteiger partial charge < -0.3 is 10.1 Å². The van der Waals surface area contributed by atoms with E-state index in [2.05, 4.69) is 24.0 Å². The van der Waals surface area contributed by atoms with Gasteiger partial charge >= 0.3 is 0 Å². The molecule has 0 aromatic rings. The summed E-state index contributed by atoms with van der Waals surface area (Å²) in [6.45, 7) is 3.16. The fourth-order valence-corrected chi connectivity index (χ4v) is 4.01. The summed E-state index contributed by atoms with van der Waals surface area (Å²) in [6.07, 6.45) is 6.98. The van der Waals surface area contributed by atoms with Gasteiger partial charge in [0, 0.05) is 24.4 Å². The lowest BCUT2D eigenvalue weighted by Gasteiger charge is -2.26. The summed E-state index contributed by atoms with van der Waals surface area (Å²) < 4.78 is 5.34. The Morgan fingerprint density at radius 3 is 2.75 bits per heavy atom. The summed E-state index contributed by atoms with van der Waals surface area (Å²) in [7, 11) is 1.82. The number of rotatable bonds is 7. The van der Waals surface area contributed by atoms with Gasteiger partial charge in [-0.15, -0.1) is 0 Å². The minimum Gasteiger partial charge on any atom is -0.383 e. The van der Waals surface area contributed by atoms with E-state index in [0.29, 0.717) is 6.04 Å². The average molecular weight is 243 g/mol. The molecule has 94 valence electrons. The van der Waals surface area contributed by atoms with Gasteiger partial charge in [-0.2, -0.15) is 11.8 Å². The van der Waals surface area contributed by atoms with Gasteiger partial charge in [-0.25, -0.2) is 0 Å². The fourth-order valence-electron chi connectivity index (χ4n) is 2.80. The van der Waals surface area contributed by atoms with Crippen molar-refractivity contribution < 1.29 is 4.74 Å². The Morgan fingerprint density at radius 1 is 1.31 bits per heavy atom. The average Bonchev–Trinajstić information content (AvgIpc) is 3.03. The molecule has 2 aliphatic rings. The van der Waals surface area contributed by atoms with Crippen LogP contribution in [0.4, 0.5) is 0 Å². The number of hydrogen-bond donors (Lipinski definition) is 1. The molecule has 0 aliphatic heterocycles. The van der Waals surface area contributed by atoms with E-state index in [4.69, 9.17) is 4.74 Å². The maximum Gasteiger partial charge on any atom is 0.0618 e. The smallest absolute Gasteiger partial charge is 0.0618 e. The maximum atomic E-state index is 5.34. The second-order valence-corrected chi connectivity index (χ2v) is 6.61. The first-order valence-corrected chi connectivity index (χ1v) is 7.76. The lowest BCUT2D eigenvalue weighted by atomic mass is 10.1. The summed E-state index contributed by atoms with van der Waals surface area (Å²) in [5.74, 6) is 2.15. The second kappa shape index (κ2) is 6.27. The molecule has 0 bridgehead atoms. The Kier molecular flexibility index (Phi) is 4.98. The summed E-state index contributed by atoms with van der Waals surface area (Å²) >= 11 is 2.14. The standard InChI is InChI=1S/C13H25NOS/c1-3-16-13-6-4-5-11(13)14-12(9-15-2)10-7-8-10/h10-14H,3-9H2,1-2H3. The van der Waals surface area contributed by atoms with Crippen LogP contribution in [-0.4, -0.2) is 36.8 Å². The molecule has 0 aromatic heterocycles. The predicted molar refractivity (Wildman–Crippen MR) is 71.1 cm³/mol. The van der Waals surface area contributed by atoms with E-state index >= 15 is 0 Å². The summed E-state index contributed by atoms with van der Waals surface area (Å²) in [5, 5.41) is 4.72. The largest absolute Gasteiger partial charge is 0.383 e. The minimum absolute atomic E-state index is 0.619. The van der Waals surface area contributed by atoms with Gasteiger partial charge in [0.2, 0.25) is 0 Å². The Balaban J connectivity index is 1.81. The molecule has 3 heteroatoms. The van der Waals surface area contributed by atoms with Gasteiger partial charge in [-0.05, 0) is 37.4 Å². The molecule has 2 nitrogen and oxygen atoms in total. The van der Waals surface area contributed by atoms with Crippen LogP contribution in [0.3, 0.4) is 0 Å². The van der Waals surface area contributed by atoms with E-state index in [-0.39, 0.29) is 0 Å². The SMILES string of the molecule is CCSC1CCCC1NC(COC)C1CC1. The van der Waals surface area contributed by atoms with Crippen molar-refractivity contribution in [2.45, 2.75) is 56.4 Å². The van der Waals surface area contributed by atoms with Crippen LogP contribution in [0, 0.1) is 5.92 Å². The Bertz CT molecular complexity index is 208. The van der Waals surface area contributed by atoms with Crippen molar-refractivity contribution >= 4 is 11.8 Å². The van der Waals surface area contributed by atoms with Crippen LogP contribution in [0.25, 0.3) is 0 Å². The molecule has 2 saturated carbocycles. The van der Waals surface area contributed by atoms with Crippen molar-refractivity contribution in [1.82, 2.24) is 5.32 Å². The van der Waals surface area contributed by atoms with Crippen molar-refractivity contribution in [3.63, 3.8) is 0 Å². The number of hydrogen-bond acceptors (Lipinski definition) is 3. The van der Waals surface area contributed by atoms with E-state index < -0.39 is 0 Å². The molecule has 16 heavy (non-hydrogen) atoms. The van der Waals surface area contributed by atoms with Crippen LogP contribution in [0.1, 0.15) is 39.0 Å². The number of thioether (sulfide) groups is 1. The Labute approximate surface area is 104 Å². The van der Waals surface area contributed by atoms with E-state index in [0.717, 1.165) is 23.8 Å². The van der Waals surface area contributed by atoms with Crippen LogP contribution in [0.15, 0.2) is 0 Å². The summed E-state index contributed by atoms with van der Waals surface area (Å²) in [5.41, 5.74) is 0. The predicted octanol–water partition coefficient (Wildman–Crippen LogP) is 2.68. The minimum atomic E-state index is 0.619. The van der Waals surface area contributed by atoms with Gasteiger partial charge in [0.1, 0.15) is 0 Å². The summed E-state index contributed by atoms with van der Waals surface area (Å²) in [6, 6.07) is 1.36. The van der Waals surface area contributed by atoms with Crippen molar-refractivity contribution in [3.05, 3.63) is 0 Å². The zero-order valence-electron chi connectivity index (χ0n) is 10.6. The zero-order valence-corrected chi connectivity index (χ0v) is 11.4. The van der Waals surface area contributed by atoms with Crippen LogP contribution >= 0.6 is 11.8 Å². The molecular weight excluding hydrogens is 218 g/mol. The molecule has 0 spiro atoms. The molecule has 0 heterocycles. The Hall–Kier alpha value is 0.270. The monoisotopic (exact) mass is 243 g/mol. The van der Waals surface area contributed by atoms with Crippen molar-refractivity contribution in [2.75, 3.05) is 19.5 Å². The molecule has 3 unspecified atom stereocenters. The first kappa shape index (κ1) is 12.7. The second-order valence-electron chi connectivity index (χ2n) is 5.10. The maximum absolute atomic E-state index is 5.34. The zero-order chi connectivity index (χ0) is 11.4. The van der Waals surface area contributed by atoms with Crippen molar-refractivity contribution in [1.29, 1.82) is 0 Å². The van der Waals surface area contributed by atoms with Crippen molar-refractivity contribution in [3.8, 4) is 0 Å². The lowest BCUT2D eigenvalue weighted by Crippen LogP contribution is -2.45. The molecule has 0 aromatic carbocycles. The fraction of sp³-hybridized carbons (Fsp3) is 1.00. The van der Waals surface area contributed by atoms with E-state index in [9.17, 15) is 0 Å². The van der Waals surface area contributed by atoms with Crippen LogP contribution in [0.2, 0.25) is 0 Å². The molecule has 3 atom stereocenters. The van der Waals surface area contributed by atoms with Crippen molar-refractivity contribution in [2.24, 2.45) is 5.92 Å². The molecule has 1 N–H and O–H groups in total. The third kappa shape index (κ3) is 3.38. The topological polar surface area (TPSA) is 21.3 Å². The molecule has 2 rings (SSSR count). The van der Waals surface area contributed by atoms with Gasteiger partial charge in [0.15, 0.2) is 0 Å². The molecule has 2 fully saturated rings. The normalized spacial score (nSPS) is 31.9. The highest BCUT2D eigenvalue weighted by Crippen LogP contribution is 2.35. The van der Waals surface area contributed by atoms with Crippen LogP contribution < -0.4 is 5.32 Å². The first-order valence-electron chi connectivity index (χ1n) is 6.71. The highest BCUT2D eigenvalue weighted by atomic mass is 32.2. The van der Waals surface area contributed by atoms with Gasteiger partial charge in [0.25, 0.3) is 0 Å². The molecule has 0 saturated heterocycles. The van der Waals surface area contributed by atoms with Crippen LogP contribution in [0.5, 0.6) is 0 Å². The van der Waals surface area contributed by atoms with Gasteiger partial charge in [-0.1, -0.05) is 13.3 Å². The number of nitrogens with one attached hydrogen (secondary N) is 1. The molecule has 2 aliphatic carbocycles.